The number of carboxylic acids is 1. The number of nitrogens with one attached hydrogen (secondary N) is 2. The predicted octanol–water partition coefficient (Wildman–Crippen LogP) is 4.41. The molecule has 2 aromatic heterocycles. The van der Waals surface area contributed by atoms with Crippen molar-refractivity contribution >= 4 is 29.2 Å². The van der Waals surface area contributed by atoms with E-state index in [0.717, 1.165) is 18.5 Å². The first-order valence-electron chi connectivity index (χ1n) is 10.9. The number of carbonyl (C=O) groups is 2. The van der Waals surface area contributed by atoms with Gasteiger partial charge in [0.05, 0.1) is 11.9 Å². The molecule has 2 heterocycles. The Morgan fingerprint density at radius 1 is 1.11 bits per heavy atom. The zero-order chi connectivity index (χ0) is 24.6. The Morgan fingerprint density at radius 2 is 1.94 bits per heavy atom. The molecule has 0 radical (unpaired) electrons. The number of aromatic nitrogens is 5. The Hall–Kier alpha value is -4.18. The van der Waals surface area contributed by atoms with Gasteiger partial charge in [0, 0.05) is 29.2 Å². The number of carboxylic acid groups (broad SMARTS) is 1. The van der Waals surface area contributed by atoms with E-state index in [1.54, 1.807) is 29.1 Å². The molecular formula is C24H23ClN6O4. The van der Waals surface area contributed by atoms with Gasteiger partial charge in [-0.3, -0.25) is 14.6 Å². The Labute approximate surface area is 205 Å². The number of ether oxygens (including phenoxy) is 1. The Kier molecular flexibility index (Phi) is 7.74. The minimum Gasteiger partial charge on any atom is -0.486 e. The van der Waals surface area contributed by atoms with Gasteiger partial charge in [0.25, 0.3) is 0 Å². The second kappa shape index (κ2) is 11.3. The second-order valence-corrected chi connectivity index (χ2v) is 8.18. The van der Waals surface area contributed by atoms with Gasteiger partial charge in [-0.1, -0.05) is 35.0 Å². The van der Waals surface area contributed by atoms with Gasteiger partial charge < -0.3 is 15.2 Å². The van der Waals surface area contributed by atoms with Crippen LogP contribution in [0.25, 0.3) is 11.3 Å². The van der Waals surface area contributed by atoms with Gasteiger partial charge in [-0.25, -0.2) is 4.79 Å². The number of hydrogen-bond donors (Lipinski definition) is 3. The molecule has 0 aliphatic carbocycles. The standard InChI is InChI=1S/C24H23ClN6O4/c25-16-9-10-22(19(12-16)20-13-21(24(33)34)29-28-20)35-15-18-14-31(30-27-18)11-5-4-8-23(32)26-17-6-2-1-3-7-17/h1-3,6-7,9-10,12-14H,4-5,8,11,15H2,(H,26,32)(H,28,29)(H,33,34). The number of H-pyrrole nitrogens is 1. The van der Waals surface area contributed by atoms with E-state index in [-0.39, 0.29) is 18.2 Å². The van der Waals surface area contributed by atoms with Crippen LogP contribution in [0, 0.1) is 0 Å². The van der Waals surface area contributed by atoms with Crippen molar-refractivity contribution in [3.8, 4) is 17.0 Å². The van der Waals surface area contributed by atoms with Gasteiger partial charge in [-0.15, -0.1) is 5.10 Å². The van der Waals surface area contributed by atoms with Crippen molar-refractivity contribution in [3.63, 3.8) is 0 Å². The highest BCUT2D eigenvalue weighted by Gasteiger charge is 2.15. The highest BCUT2D eigenvalue weighted by Crippen LogP contribution is 2.32. The lowest BCUT2D eigenvalue weighted by Crippen LogP contribution is -2.11. The zero-order valence-electron chi connectivity index (χ0n) is 18.6. The number of unbranched alkanes of at least 4 members (excludes halogenated alkanes) is 1. The van der Waals surface area contributed by atoms with Crippen molar-refractivity contribution in [1.82, 2.24) is 25.2 Å². The molecule has 0 fully saturated rings. The lowest BCUT2D eigenvalue weighted by Gasteiger charge is -2.09. The molecule has 0 saturated carbocycles. The molecule has 4 rings (SSSR count). The first-order chi connectivity index (χ1) is 17.0. The molecule has 0 saturated heterocycles. The van der Waals surface area contributed by atoms with E-state index in [1.807, 2.05) is 30.3 Å². The quantitative estimate of drug-likeness (QED) is 0.263. The molecule has 35 heavy (non-hydrogen) atoms. The van der Waals surface area contributed by atoms with Crippen molar-refractivity contribution in [2.24, 2.45) is 0 Å². The van der Waals surface area contributed by atoms with Crippen molar-refractivity contribution < 1.29 is 19.4 Å². The summed E-state index contributed by atoms with van der Waals surface area (Å²) in [5, 5.41) is 27.2. The number of hydrogen-bond acceptors (Lipinski definition) is 6. The molecule has 0 unspecified atom stereocenters. The summed E-state index contributed by atoms with van der Waals surface area (Å²) in [5.74, 6) is -0.645. The van der Waals surface area contributed by atoms with E-state index in [0.29, 0.717) is 40.7 Å². The number of benzene rings is 2. The third-order valence-electron chi connectivity index (χ3n) is 5.09. The highest BCUT2D eigenvalue weighted by atomic mass is 35.5. The van der Waals surface area contributed by atoms with Crippen LogP contribution in [0.2, 0.25) is 5.02 Å². The molecular weight excluding hydrogens is 472 g/mol. The van der Waals surface area contributed by atoms with Crippen molar-refractivity contribution in [1.29, 1.82) is 0 Å². The van der Waals surface area contributed by atoms with E-state index in [2.05, 4.69) is 25.8 Å². The summed E-state index contributed by atoms with van der Waals surface area (Å²) in [6.07, 6.45) is 3.71. The molecule has 2 aromatic carbocycles. The number of aryl methyl sites for hydroxylation is 1. The van der Waals surface area contributed by atoms with Gasteiger partial charge in [0.1, 0.15) is 23.7 Å². The third kappa shape index (κ3) is 6.67. The molecule has 180 valence electrons. The van der Waals surface area contributed by atoms with Crippen LogP contribution in [-0.2, 0) is 17.9 Å². The highest BCUT2D eigenvalue weighted by molar-refractivity contribution is 6.31. The monoisotopic (exact) mass is 494 g/mol. The first kappa shape index (κ1) is 24.0. The summed E-state index contributed by atoms with van der Waals surface area (Å²) in [6.45, 7) is 0.785. The van der Waals surface area contributed by atoms with E-state index in [1.165, 1.54) is 6.07 Å². The number of para-hydroxylation sites is 1. The zero-order valence-corrected chi connectivity index (χ0v) is 19.4. The van der Waals surface area contributed by atoms with Gasteiger partial charge in [0.2, 0.25) is 5.91 Å². The van der Waals surface area contributed by atoms with Crippen LogP contribution in [0.4, 0.5) is 5.69 Å². The number of amides is 1. The maximum atomic E-state index is 12.0. The smallest absolute Gasteiger partial charge is 0.353 e. The fraction of sp³-hybridized carbons (Fsp3) is 0.208. The summed E-state index contributed by atoms with van der Waals surface area (Å²) >= 11 is 6.12. The molecule has 0 aliphatic heterocycles. The van der Waals surface area contributed by atoms with E-state index < -0.39 is 5.97 Å². The predicted molar refractivity (Wildman–Crippen MR) is 129 cm³/mol. The third-order valence-corrected chi connectivity index (χ3v) is 5.32. The molecule has 0 bridgehead atoms. The number of aromatic carboxylic acids is 1. The average molecular weight is 495 g/mol. The number of halogens is 1. The summed E-state index contributed by atoms with van der Waals surface area (Å²) in [5.41, 5.74) is 2.34. The summed E-state index contributed by atoms with van der Waals surface area (Å²) in [6, 6.07) is 15.8. The maximum absolute atomic E-state index is 12.0. The molecule has 0 spiro atoms. The Balaban J connectivity index is 1.27. The van der Waals surface area contributed by atoms with Crippen LogP contribution in [-0.4, -0.2) is 42.2 Å². The number of aromatic amines is 1. The number of rotatable bonds is 11. The SMILES string of the molecule is O=C(CCCCn1cc(COc2ccc(Cl)cc2-c2cc(C(=O)O)[nH]n2)nn1)Nc1ccccc1. The van der Waals surface area contributed by atoms with Crippen molar-refractivity contribution in [2.75, 3.05) is 5.32 Å². The normalized spacial score (nSPS) is 10.8. The lowest BCUT2D eigenvalue weighted by molar-refractivity contribution is -0.116. The first-order valence-corrected chi connectivity index (χ1v) is 11.3. The van der Waals surface area contributed by atoms with Crippen LogP contribution in [0.1, 0.15) is 35.4 Å². The molecule has 0 aliphatic rings. The Morgan fingerprint density at radius 3 is 2.71 bits per heavy atom. The second-order valence-electron chi connectivity index (χ2n) is 7.75. The number of nitrogens with zero attached hydrogens (tertiary/aromatic N) is 4. The average Bonchev–Trinajstić information content (AvgIpc) is 3.52. The maximum Gasteiger partial charge on any atom is 0.353 e. The van der Waals surface area contributed by atoms with Crippen LogP contribution >= 0.6 is 11.6 Å². The summed E-state index contributed by atoms with van der Waals surface area (Å²) in [4.78, 5) is 23.2. The molecule has 10 nitrogen and oxygen atoms in total. The summed E-state index contributed by atoms with van der Waals surface area (Å²) < 4.78 is 7.61. The molecule has 11 heteroatoms. The van der Waals surface area contributed by atoms with E-state index >= 15 is 0 Å². The Bertz CT molecular complexity index is 1300. The number of anilines is 1. The van der Waals surface area contributed by atoms with Crippen molar-refractivity contribution in [3.05, 3.63) is 77.2 Å². The van der Waals surface area contributed by atoms with Gasteiger partial charge in [0.15, 0.2) is 0 Å². The fourth-order valence-electron chi connectivity index (χ4n) is 3.37. The fourth-order valence-corrected chi connectivity index (χ4v) is 3.54. The van der Waals surface area contributed by atoms with Crippen LogP contribution in [0.3, 0.4) is 0 Å². The summed E-state index contributed by atoms with van der Waals surface area (Å²) in [7, 11) is 0. The van der Waals surface area contributed by atoms with Crippen LogP contribution in [0.15, 0.2) is 60.8 Å². The van der Waals surface area contributed by atoms with E-state index in [9.17, 15) is 9.59 Å². The molecule has 4 aromatic rings. The van der Waals surface area contributed by atoms with Crippen LogP contribution in [0.5, 0.6) is 5.75 Å². The topological polar surface area (TPSA) is 135 Å². The van der Waals surface area contributed by atoms with Gasteiger partial charge in [-0.2, -0.15) is 5.10 Å². The molecule has 0 atom stereocenters. The molecule has 1 amide bonds. The minimum atomic E-state index is -1.11. The van der Waals surface area contributed by atoms with Gasteiger partial charge in [-0.05, 0) is 49.2 Å². The van der Waals surface area contributed by atoms with E-state index in [4.69, 9.17) is 21.4 Å². The van der Waals surface area contributed by atoms with Crippen LogP contribution < -0.4 is 10.1 Å². The van der Waals surface area contributed by atoms with Crippen molar-refractivity contribution in [2.45, 2.75) is 32.4 Å². The largest absolute Gasteiger partial charge is 0.486 e. The minimum absolute atomic E-state index is 0.0185. The number of carbonyl (C=O) groups excluding carboxylic acids is 1. The van der Waals surface area contributed by atoms with Gasteiger partial charge >= 0.3 is 5.97 Å². The lowest BCUT2D eigenvalue weighted by atomic mass is 10.1. The molecule has 3 N–H and O–H groups in total.